The molecule has 6 heteroatoms. The van der Waals surface area contributed by atoms with Gasteiger partial charge in [0.25, 0.3) is 0 Å². The fraction of sp³-hybridized carbons (Fsp3) is 0.714. The van der Waals surface area contributed by atoms with E-state index in [1.807, 2.05) is 25.7 Å². The molecule has 1 rings (SSSR count). The van der Waals surface area contributed by atoms with Crippen LogP contribution in [-0.2, 0) is 14.3 Å². The van der Waals surface area contributed by atoms with Crippen LogP contribution in [-0.4, -0.2) is 60.2 Å². The van der Waals surface area contributed by atoms with Crippen molar-refractivity contribution in [1.82, 2.24) is 9.80 Å². The lowest BCUT2D eigenvalue weighted by Gasteiger charge is -2.35. The molecule has 0 spiro atoms. The minimum atomic E-state index is -0.474. The Kier molecular flexibility index (Phi) is 5.85. The van der Waals surface area contributed by atoms with Crippen LogP contribution in [0.1, 0.15) is 27.7 Å². The third-order valence-electron chi connectivity index (χ3n) is 2.67. The molecule has 114 valence electrons. The Labute approximate surface area is 120 Å². The fourth-order valence-electron chi connectivity index (χ4n) is 1.74. The lowest BCUT2D eigenvalue weighted by atomic mass is 10.2. The molecular formula is C14H24N2O4. The van der Waals surface area contributed by atoms with Crippen molar-refractivity contribution in [1.29, 1.82) is 0 Å². The van der Waals surface area contributed by atoms with Gasteiger partial charge in [0.15, 0.2) is 0 Å². The zero-order valence-electron chi connectivity index (χ0n) is 12.7. The molecule has 6 nitrogen and oxygen atoms in total. The third kappa shape index (κ3) is 5.95. The van der Waals surface area contributed by atoms with Gasteiger partial charge >= 0.3 is 12.1 Å². The molecular weight excluding hydrogens is 260 g/mol. The number of esters is 1. The van der Waals surface area contributed by atoms with E-state index in [9.17, 15) is 9.59 Å². The van der Waals surface area contributed by atoms with E-state index in [0.717, 1.165) is 0 Å². The van der Waals surface area contributed by atoms with Crippen LogP contribution in [0.15, 0.2) is 12.3 Å². The van der Waals surface area contributed by atoms with E-state index < -0.39 is 5.60 Å². The quantitative estimate of drug-likeness (QED) is 0.582. The number of amides is 1. The van der Waals surface area contributed by atoms with E-state index in [2.05, 4.69) is 0 Å². The van der Waals surface area contributed by atoms with Crippen molar-refractivity contribution in [3.05, 3.63) is 12.3 Å². The topological polar surface area (TPSA) is 59.1 Å². The van der Waals surface area contributed by atoms with E-state index in [0.29, 0.717) is 32.8 Å². The molecule has 0 unspecified atom stereocenters. The first-order chi connectivity index (χ1) is 9.31. The Bertz CT molecular complexity index is 366. The summed E-state index contributed by atoms with van der Waals surface area (Å²) in [6.07, 6.45) is 2.84. The number of piperazine rings is 1. The van der Waals surface area contributed by atoms with Crippen molar-refractivity contribution < 1.29 is 19.1 Å². The SMILES string of the molecule is CCOC(=O)/C=C/N1CCN(C(=O)OC(C)(C)C)CC1. The molecule has 0 atom stereocenters. The van der Waals surface area contributed by atoms with Gasteiger partial charge in [0.05, 0.1) is 6.61 Å². The monoisotopic (exact) mass is 284 g/mol. The van der Waals surface area contributed by atoms with Crippen molar-refractivity contribution in [2.75, 3.05) is 32.8 Å². The van der Waals surface area contributed by atoms with Gasteiger partial charge in [-0.15, -0.1) is 0 Å². The second-order valence-electron chi connectivity index (χ2n) is 5.57. The molecule has 1 aliphatic rings. The molecule has 0 bridgehead atoms. The Morgan fingerprint density at radius 3 is 2.25 bits per heavy atom. The smallest absolute Gasteiger partial charge is 0.410 e. The van der Waals surface area contributed by atoms with Crippen molar-refractivity contribution in [3.8, 4) is 0 Å². The van der Waals surface area contributed by atoms with E-state index in [1.54, 1.807) is 18.0 Å². The Morgan fingerprint density at radius 1 is 1.15 bits per heavy atom. The average molecular weight is 284 g/mol. The molecule has 0 aromatic rings. The highest BCUT2D eigenvalue weighted by Crippen LogP contribution is 2.11. The average Bonchev–Trinajstić information content (AvgIpc) is 2.35. The van der Waals surface area contributed by atoms with Crippen LogP contribution in [0.2, 0.25) is 0 Å². The number of carbonyl (C=O) groups excluding carboxylic acids is 2. The zero-order valence-corrected chi connectivity index (χ0v) is 12.7. The maximum Gasteiger partial charge on any atom is 0.410 e. The second kappa shape index (κ2) is 7.17. The highest BCUT2D eigenvalue weighted by atomic mass is 16.6. The number of nitrogens with zero attached hydrogens (tertiary/aromatic N) is 2. The largest absolute Gasteiger partial charge is 0.463 e. The van der Waals surface area contributed by atoms with Crippen molar-refractivity contribution in [2.24, 2.45) is 0 Å². The maximum atomic E-state index is 11.9. The second-order valence-corrected chi connectivity index (χ2v) is 5.57. The first-order valence-corrected chi connectivity index (χ1v) is 6.89. The Morgan fingerprint density at radius 2 is 1.75 bits per heavy atom. The van der Waals surface area contributed by atoms with E-state index >= 15 is 0 Å². The van der Waals surface area contributed by atoms with Crippen LogP contribution in [0.4, 0.5) is 4.79 Å². The molecule has 0 radical (unpaired) electrons. The van der Waals surface area contributed by atoms with Gasteiger partial charge < -0.3 is 19.3 Å². The normalized spacial score (nSPS) is 16.4. The minimum absolute atomic E-state index is 0.286. The van der Waals surface area contributed by atoms with Crippen molar-refractivity contribution in [2.45, 2.75) is 33.3 Å². The van der Waals surface area contributed by atoms with E-state index in [-0.39, 0.29) is 12.1 Å². The summed E-state index contributed by atoms with van der Waals surface area (Å²) in [7, 11) is 0. The molecule has 1 heterocycles. The van der Waals surface area contributed by atoms with Crippen LogP contribution in [0.3, 0.4) is 0 Å². The molecule has 0 N–H and O–H groups in total. The van der Waals surface area contributed by atoms with Gasteiger partial charge in [-0.3, -0.25) is 0 Å². The Hall–Kier alpha value is -1.72. The summed E-state index contributed by atoms with van der Waals surface area (Å²) < 4.78 is 10.1. The summed E-state index contributed by atoms with van der Waals surface area (Å²) in [5.74, 6) is -0.345. The van der Waals surface area contributed by atoms with E-state index in [4.69, 9.17) is 9.47 Å². The fourth-order valence-corrected chi connectivity index (χ4v) is 1.74. The molecule has 0 aliphatic carbocycles. The minimum Gasteiger partial charge on any atom is -0.463 e. The number of rotatable bonds is 3. The summed E-state index contributed by atoms with van der Waals surface area (Å²) in [6.45, 7) is 10.2. The summed E-state index contributed by atoms with van der Waals surface area (Å²) >= 11 is 0. The molecule has 0 aromatic heterocycles. The van der Waals surface area contributed by atoms with Crippen LogP contribution in [0.5, 0.6) is 0 Å². The molecule has 20 heavy (non-hydrogen) atoms. The van der Waals surface area contributed by atoms with Gasteiger partial charge in [-0.05, 0) is 27.7 Å². The Balaban J connectivity index is 2.36. The number of hydrogen-bond donors (Lipinski definition) is 0. The first-order valence-electron chi connectivity index (χ1n) is 6.89. The summed E-state index contributed by atoms with van der Waals surface area (Å²) in [6, 6.07) is 0. The molecule has 1 fully saturated rings. The highest BCUT2D eigenvalue weighted by molar-refractivity contribution is 5.81. The standard InChI is InChI=1S/C14H24N2O4/c1-5-19-12(17)6-7-15-8-10-16(11-9-15)13(18)20-14(2,3)4/h6-7H,5,8-11H2,1-4H3/b7-6+. The molecule has 1 aliphatic heterocycles. The van der Waals surface area contributed by atoms with Gasteiger partial charge in [-0.25, -0.2) is 9.59 Å². The maximum absolute atomic E-state index is 11.9. The number of hydrogen-bond acceptors (Lipinski definition) is 5. The first kappa shape index (κ1) is 16.3. The van der Waals surface area contributed by atoms with Gasteiger partial charge in [0, 0.05) is 38.5 Å². The van der Waals surface area contributed by atoms with Gasteiger partial charge in [0.1, 0.15) is 5.60 Å². The van der Waals surface area contributed by atoms with Gasteiger partial charge in [-0.1, -0.05) is 0 Å². The molecule has 0 saturated carbocycles. The van der Waals surface area contributed by atoms with Crippen molar-refractivity contribution in [3.63, 3.8) is 0 Å². The highest BCUT2D eigenvalue weighted by Gasteiger charge is 2.24. The molecule has 1 amide bonds. The summed E-state index contributed by atoms with van der Waals surface area (Å²) in [5.41, 5.74) is -0.474. The van der Waals surface area contributed by atoms with Crippen molar-refractivity contribution >= 4 is 12.1 Å². The lowest BCUT2D eigenvalue weighted by Crippen LogP contribution is -2.48. The predicted molar refractivity (Wildman–Crippen MR) is 75.2 cm³/mol. The van der Waals surface area contributed by atoms with Crippen LogP contribution < -0.4 is 0 Å². The lowest BCUT2D eigenvalue weighted by molar-refractivity contribution is -0.137. The van der Waals surface area contributed by atoms with Crippen LogP contribution in [0.25, 0.3) is 0 Å². The summed E-state index contributed by atoms with van der Waals surface area (Å²) in [4.78, 5) is 26.7. The van der Waals surface area contributed by atoms with Crippen LogP contribution >= 0.6 is 0 Å². The molecule has 1 saturated heterocycles. The predicted octanol–water partition coefficient (Wildman–Crippen LogP) is 1.62. The van der Waals surface area contributed by atoms with Gasteiger partial charge in [-0.2, -0.15) is 0 Å². The van der Waals surface area contributed by atoms with Crippen LogP contribution in [0, 0.1) is 0 Å². The molecule has 0 aromatic carbocycles. The van der Waals surface area contributed by atoms with E-state index in [1.165, 1.54) is 6.08 Å². The zero-order chi connectivity index (χ0) is 15.2. The number of ether oxygens (including phenoxy) is 2. The van der Waals surface area contributed by atoms with Gasteiger partial charge in [0.2, 0.25) is 0 Å². The number of carbonyl (C=O) groups is 2. The third-order valence-corrected chi connectivity index (χ3v) is 2.67. The summed E-state index contributed by atoms with van der Waals surface area (Å²) in [5, 5.41) is 0.